The molecule has 0 unspecified atom stereocenters. The summed E-state index contributed by atoms with van der Waals surface area (Å²) in [5, 5.41) is 1.20. The molecule has 1 aromatic carbocycles. The molecule has 0 radical (unpaired) electrons. The molecule has 20 heavy (non-hydrogen) atoms. The number of nitrogens with zero attached hydrogens (tertiary/aromatic N) is 1. The van der Waals surface area contributed by atoms with Crippen LogP contribution in [0, 0.1) is 12.8 Å². The van der Waals surface area contributed by atoms with Gasteiger partial charge in [0.05, 0.1) is 0 Å². The fraction of sp³-hybridized carbons (Fsp3) is 0.312. The summed E-state index contributed by atoms with van der Waals surface area (Å²) in [5.41, 5.74) is 3.88. The van der Waals surface area contributed by atoms with E-state index in [2.05, 4.69) is 11.5 Å². The van der Waals surface area contributed by atoms with Crippen LogP contribution in [-0.2, 0) is 6.42 Å². The number of rotatable bonds is 1. The van der Waals surface area contributed by atoms with E-state index in [1.807, 2.05) is 25.1 Å². The molecule has 0 amide bonds. The van der Waals surface area contributed by atoms with Gasteiger partial charge in [0, 0.05) is 39.1 Å². The molecular weight excluding hydrogens is 293 g/mol. The summed E-state index contributed by atoms with van der Waals surface area (Å²) in [7, 11) is 0. The molecule has 0 aliphatic heterocycles. The van der Waals surface area contributed by atoms with Gasteiger partial charge in [-0.15, -0.1) is 0 Å². The normalized spacial score (nSPS) is 18.2. The SMILES string of the molecule is Cc1cc2c(n1-c1cc(Cl)cc(Cl)c1)C[C@H](C)CC2=O. The Labute approximate surface area is 128 Å². The van der Waals surface area contributed by atoms with Crippen molar-refractivity contribution >= 4 is 29.0 Å². The number of halogens is 2. The zero-order chi connectivity index (χ0) is 14.4. The van der Waals surface area contributed by atoms with Crippen LogP contribution < -0.4 is 0 Å². The Morgan fingerprint density at radius 2 is 1.75 bits per heavy atom. The molecule has 0 saturated heterocycles. The van der Waals surface area contributed by atoms with E-state index in [9.17, 15) is 4.79 Å². The molecule has 0 spiro atoms. The zero-order valence-corrected chi connectivity index (χ0v) is 12.9. The van der Waals surface area contributed by atoms with Gasteiger partial charge in [0.1, 0.15) is 0 Å². The number of aromatic nitrogens is 1. The average Bonchev–Trinajstić information content (AvgIpc) is 2.64. The lowest BCUT2D eigenvalue weighted by atomic mass is 9.88. The van der Waals surface area contributed by atoms with Crippen LogP contribution in [-0.4, -0.2) is 10.4 Å². The molecule has 0 fully saturated rings. The Kier molecular flexibility index (Phi) is 3.39. The summed E-state index contributed by atoms with van der Waals surface area (Å²) in [6.07, 6.45) is 1.53. The maximum absolute atomic E-state index is 12.2. The van der Waals surface area contributed by atoms with Gasteiger partial charge in [-0.1, -0.05) is 30.1 Å². The lowest BCUT2D eigenvalue weighted by molar-refractivity contribution is 0.0952. The highest BCUT2D eigenvalue weighted by Crippen LogP contribution is 2.32. The summed E-state index contributed by atoms with van der Waals surface area (Å²) in [6, 6.07) is 7.44. The zero-order valence-electron chi connectivity index (χ0n) is 11.4. The first-order chi connectivity index (χ1) is 9.45. The minimum Gasteiger partial charge on any atom is -0.317 e. The lowest BCUT2D eigenvalue weighted by Gasteiger charge is -2.21. The molecular formula is C16H15Cl2NO. The van der Waals surface area contributed by atoms with Gasteiger partial charge in [-0.2, -0.15) is 0 Å². The summed E-state index contributed by atoms with van der Waals surface area (Å²) >= 11 is 12.2. The van der Waals surface area contributed by atoms with E-state index in [1.165, 1.54) is 0 Å². The number of ketones is 1. The highest BCUT2D eigenvalue weighted by atomic mass is 35.5. The van der Waals surface area contributed by atoms with Crippen molar-refractivity contribution in [3.05, 3.63) is 51.3 Å². The number of benzene rings is 1. The van der Waals surface area contributed by atoms with Gasteiger partial charge in [0.2, 0.25) is 0 Å². The molecule has 2 nitrogen and oxygen atoms in total. The molecule has 1 aromatic heterocycles. The topological polar surface area (TPSA) is 22.0 Å². The van der Waals surface area contributed by atoms with E-state index in [-0.39, 0.29) is 5.78 Å². The van der Waals surface area contributed by atoms with Crippen LogP contribution in [0.2, 0.25) is 10.0 Å². The molecule has 0 N–H and O–H groups in total. The Balaban J connectivity index is 2.22. The Morgan fingerprint density at radius 3 is 2.40 bits per heavy atom. The number of Topliss-reactive ketones (excluding diaryl/α,β-unsaturated/α-hetero) is 1. The van der Waals surface area contributed by atoms with Gasteiger partial charge in [0.25, 0.3) is 0 Å². The maximum atomic E-state index is 12.2. The number of fused-ring (bicyclic) bond motifs is 1. The number of carbonyl (C=O) groups excluding carboxylic acids is 1. The number of hydrogen-bond acceptors (Lipinski definition) is 1. The van der Waals surface area contributed by atoms with E-state index in [0.29, 0.717) is 22.4 Å². The van der Waals surface area contributed by atoms with Crippen molar-refractivity contribution in [1.82, 2.24) is 4.57 Å². The molecule has 1 aliphatic rings. The predicted molar refractivity (Wildman–Crippen MR) is 82.3 cm³/mol. The van der Waals surface area contributed by atoms with E-state index < -0.39 is 0 Å². The molecule has 3 rings (SSSR count). The molecule has 2 aromatic rings. The summed E-state index contributed by atoms with van der Waals surface area (Å²) < 4.78 is 2.10. The Morgan fingerprint density at radius 1 is 1.10 bits per heavy atom. The third-order valence-corrected chi connectivity index (χ3v) is 4.20. The van der Waals surface area contributed by atoms with E-state index >= 15 is 0 Å². The summed E-state index contributed by atoms with van der Waals surface area (Å²) in [6.45, 7) is 4.11. The molecule has 1 aliphatic carbocycles. The summed E-state index contributed by atoms with van der Waals surface area (Å²) in [4.78, 5) is 12.2. The minimum absolute atomic E-state index is 0.230. The number of hydrogen-bond donors (Lipinski definition) is 0. The van der Waals surface area contributed by atoms with Crippen LogP contribution >= 0.6 is 23.2 Å². The van der Waals surface area contributed by atoms with Gasteiger partial charge >= 0.3 is 0 Å². The minimum atomic E-state index is 0.230. The fourth-order valence-electron chi connectivity index (χ4n) is 2.99. The van der Waals surface area contributed by atoms with Crippen LogP contribution in [0.15, 0.2) is 24.3 Å². The van der Waals surface area contributed by atoms with Gasteiger partial charge in [0.15, 0.2) is 5.78 Å². The largest absolute Gasteiger partial charge is 0.317 e. The van der Waals surface area contributed by atoms with Crippen molar-refractivity contribution in [1.29, 1.82) is 0 Å². The second-order valence-corrected chi connectivity index (χ2v) is 6.42. The highest BCUT2D eigenvalue weighted by molar-refractivity contribution is 6.34. The van der Waals surface area contributed by atoms with Crippen LogP contribution in [0.4, 0.5) is 0 Å². The Hall–Kier alpha value is -1.25. The molecule has 0 bridgehead atoms. The molecule has 4 heteroatoms. The average molecular weight is 308 g/mol. The van der Waals surface area contributed by atoms with E-state index in [4.69, 9.17) is 23.2 Å². The van der Waals surface area contributed by atoms with Crippen molar-refractivity contribution in [2.45, 2.75) is 26.7 Å². The fourth-order valence-corrected chi connectivity index (χ4v) is 3.50. The molecule has 0 saturated carbocycles. The number of aryl methyl sites for hydroxylation is 1. The monoisotopic (exact) mass is 307 g/mol. The van der Waals surface area contributed by atoms with Crippen molar-refractivity contribution in [3.8, 4) is 5.69 Å². The molecule has 104 valence electrons. The van der Waals surface area contributed by atoms with Crippen LogP contribution in [0.5, 0.6) is 0 Å². The summed E-state index contributed by atoms with van der Waals surface area (Å²) in [5.74, 6) is 0.603. The van der Waals surface area contributed by atoms with Gasteiger partial charge in [-0.25, -0.2) is 0 Å². The number of carbonyl (C=O) groups is 1. The maximum Gasteiger partial charge on any atom is 0.164 e. The molecule has 1 heterocycles. The van der Waals surface area contributed by atoms with Gasteiger partial charge in [-0.05, 0) is 43.5 Å². The second kappa shape index (κ2) is 4.94. The second-order valence-electron chi connectivity index (χ2n) is 5.55. The van der Waals surface area contributed by atoms with Crippen LogP contribution in [0.3, 0.4) is 0 Å². The van der Waals surface area contributed by atoms with Gasteiger partial charge in [-0.3, -0.25) is 4.79 Å². The van der Waals surface area contributed by atoms with Crippen LogP contribution in [0.25, 0.3) is 5.69 Å². The quantitative estimate of drug-likeness (QED) is 0.737. The Bertz CT molecular complexity index is 682. The first kappa shape index (κ1) is 13.7. The third-order valence-electron chi connectivity index (χ3n) is 3.77. The van der Waals surface area contributed by atoms with Crippen molar-refractivity contribution in [2.75, 3.05) is 0 Å². The van der Waals surface area contributed by atoms with Crippen LogP contribution in [0.1, 0.15) is 35.1 Å². The first-order valence-corrected chi connectivity index (χ1v) is 7.42. The third kappa shape index (κ3) is 2.27. The van der Waals surface area contributed by atoms with Crippen molar-refractivity contribution in [3.63, 3.8) is 0 Å². The van der Waals surface area contributed by atoms with E-state index in [0.717, 1.165) is 29.1 Å². The smallest absolute Gasteiger partial charge is 0.164 e. The van der Waals surface area contributed by atoms with E-state index in [1.54, 1.807) is 6.07 Å². The van der Waals surface area contributed by atoms with Crippen molar-refractivity contribution in [2.24, 2.45) is 5.92 Å². The molecule has 1 atom stereocenters. The lowest BCUT2D eigenvalue weighted by Crippen LogP contribution is -2.19. The standard InChI is InChI=1S/C16H15Cl2NO/c1-9-3-15-14(16(20)4-9)5-10(2)19(15)13-7-11(17)6-12(18)8-13/h5-9H,3-4H2,1-2H3/t9-/m0/s1. The predicted octanol–water partition coefficient (Wildman–Crippen LogP) is 4.86. The van der Waals surface area contributed by atoms with Crippen molar-refractivity contribution < 1.29 is 4.79 Å². The van der Waals surface area contributed by atoms with Gasteiger partial charge < -0.3 is 4.57 Å². The first-order valence-electron chi connectivity index (χ1n) is 6.66. The highest BCUT2D eigenvalue weighted by Gasteiger charge is 2.27.